The Labute approximate surface area is 127 Å². The number of nitrogens with zero attached hydrogens (tertiary/aromatic N) is 1. The Kier molecular flexibility index (Phi) is 8.09. The van der Waals surface area contributed by atoms with Crippen LogP contribution in [-0.4, -0.2) is 33.8 Å². The third-order valence-corrected chi connectivity index (χ3v) is 3.23. The molecule has 5 heteroatoms. The normalized spacial score (nSPS) is 11.1. The van der Waals surface area contributed by atoms with Gasteiger partial charge in [0.2, 0.25) is 0 Å². The fourth-order valence-electron chi connectivity index (χ4n) is 2.07. The van der Waals surface area contributed by atoms with Crippen LogP contribution >= 0.6 is 0 Å². The third-order valence-electron chi connectivity index (χ3n) is 3.23. The van der Waals surface area contributed by atoms with Crippen LogP contribution in [0.3, 0.4) is 0 Å². The van der Waals surface area contributed by atoms with Gasteiger partial charge >= 0.3 is 0 Å². The minimum atomic E-state index is 0.633. The molecular weight excluding hydrogens is 266 g/mol. The van der Waals surface area contributed by atoms with Crippen molar-refractivity contribution < 1.29 is 9.47 Å². The van der Waals surface area contributed by atoms with Crippen molar-refractivity contribution in [2.45, 2.75) is 32.7 Å². The molecule has 0 saturated heterocycles. The van der Waals surface area contributed by atoms with E-state index in [0.29, 0.717) is 6.54 Å². The molecule has 118 valence electrons. The Morgan fingerprint density at radius 2 is 1.95 bits per heavy atom. The van der Waals surface area contributed by atoms with Gasteiger partial charge in [-0.1, -0.05) is 31.9 Å². The summed E-state index contributed by atoms with van der Waals surface area (Å²) in [5.74, 6) is 2.30. The zero-order chi connectivity index (χ0) is 15.5. The van der Waals surface area contributed by atoms with Gasteiger partial charge in [0.15, 0.2) is 17.5 Å². The predicted octanol–water partition coefficient (Wildman–Crippen LogP) is 2.56. The topological polar surface area (TPSA) is 54.9 Å². The van der Waals surface area contributed by atoms with Gasteiger partial charge in [-0.2, -0.15) is 0 Å². The summed E-state index contributed by atoms with van der Waals surface area (Å²) in [7, 11) is 5.07. The van der Waals surface area contributed by atoms with Gasteiger partial charge in [-0.05, 0) is 12.5 Å². The van der Waals surface area contributed by atoms with E-state index in [1.54, 1.807) is 21.3 Å². The fraction of sp³-hybridized carbons (Fsp3) is 0.562. The van der Waals surface area contributed by atoms with Gasteiger partial charge in [0, 0.05) is 25.7 Å². The van der Waals surface area contributed by atoms with Crippen molar-refractivity contribution in [3.05, 3.63) is 23.8 Å². The molecular formula is C16H27N3O2. The van der Waals surface area contributed by atoms with E-state index in [-0.39, 0.29) is 0 Å². The highest BCUT2D eigenvalue weighted by molar-refractivity contribution is 5.79. The summed E-state index contributed by atoms with van der Waals surface area (Å²) < 4.78 is 10.7. The van der Waals surface area contributed by atoms with E-state index in [2.05, 4.69) is 22.5 Å². The summed E-state index contributed by atoms with van der Waals surface area (Å²) in [5, 5.41) is 6.60. The molecule has 5 nitrogen and oxygen atoms in total. The smallest absolute Gasteiger partial charge is 0.191 e. The zero-order valence-corrected chi connectivity index (χ0v) is 13.5. The number of aliphatic imine (C=N–C) groups is 1. The van der Waals surface area contributed by atoms with E-state index in [0.717, 1.165) is 36.0 Å². The molecule has 0 atom stereocenters. The summed E-state index contributed by atoms with van der Waals surface area (Å²) >= 11 is 0. The first-order valence-corrected chi connectivity index (χ1v) is 7.41. The second kappa shape index (κ2) is 9.91. The third kappa shape index (κ3) is 5.53. The van der Waals surface area contributed by atoms with Crippen LogP contribution in [0.2, 0.25) is 0 Å². The molecule has 1 aromatic rings. The van der Waals surface area contributed by atoms with E-state index in [1.807, 2.05) is 18.2 Å². The number of ether oxygens (including phenoxy) is 2. The maximum Gasteiger partial charge on any atom is 0.191 e. The maximum atomic E-state index is 5.42. The molecule has 0 aromatic heterocycles. The molecule has 1 aromatic carbocycles. The Hall–Kier alpha value is -1.91. The molecule has 0 radical (unpaired) electrons. The maximum absolute atomic E-state index is 5.42. The van der Waals surface area contributed by atoms with E-state index in [4.69, 9.17) is 9.47 Å². The van der Waals surface area contributed by atoms with Crippen LogP contribution in [-0.2, 0) is 6.54 Å². The van der Waals surface area contributed by atoms with Gasteiger partial charge < -0.3 is 20.1 Å². The van der Waals surface area contributed by atoms with Crippen LogP contribution in [0, 0.1) is 0 Å². The Balaban J connectivity index is 2.57. The molecule has 0 aliphatic rings. The highest BCUT2D eigenvalue weighted by Gasteiger charge is 2.09. The number of guanidine groups is 1. The highest BCUT2D eigenvalue weighted by atomic mass is 16.5. The fourth-order valence-corrected chi connectivity index (χ4v) is 2.07. The van der Waals surface area contributed by atoms with Gasteiger partial charge in [-0.3, -0.25) is 4.99 Å². The molecule has 0 saturated carbocycles. The molecule has 0 fully saturated rings. The largest absolute Gasteiger partial charge is 0.493 e. The average Bonchev–Trinajstić information content (AvgIpc) is 2.53. The molecule has 0 amide bonds. The van der Waals surface area contributed by atoms with Crippen molar-refractivity contribution in [3.63, 3.8) is 0 Å². The lowest BCUT2D eigenvalue weighted by Crippen LogP contribution is -2.37. The minimum Gasteiger partial charge on any atom is -0.493 e. The second-order valence-corrected chi connectivity index (χ2v) is 4.71. The number of nitrogens with one attached hydrogen (secondary N) is 2. The second-order valence-electron chi connectivity index (χ2n) is 4.71. The van der Waals surface area contributed by atoms with E-state index in [9.17, 15) is 0 Å². The molecule has 0 heterocycles. The molecule has 0 aliphatic carbocycles. The van der Waals surface area contributed by atoms with Crippen molar-refractivity contribution in [2.24, 2.45) is 4.99 Å². The SMILES string of the molecule is CCCCCNC(=NC)NCc1cccc(OC)c1OC. The van der Waals surface area contributed by atoms with Crippen molar-refractivity contribution in [1.29, 1.82) is 0 Å². The summed E-state index contributed by atoms with van der Waals surface area (Å²) in [5.41, 5.74) is 1.04. The van der Waals surface area contributed by atoms with Crippen LogP contribution in [0.4, 0.5) is 0 Å². The van der Waals surface area contributed by atoms with Crippen LogP contribution in [0.1, 0.15) is 31.7 Å². The van der Waals surface area contributed by atoms with Crippen molar-refractivity contribution in [1.82, 2.24) is 10.6 Å². The van der Waals surface area contributed by atoms with E-state index < -0.39 is 0 Å². The standard InChI is InChI=1S/C16H27N3O2/c1-5-6-7-11-18-16(17-2)19-12-13-9-8-10-14(20-3)15(13)21-4/h8-10H,5-7,11-12H2,1-4H3,(H2,17,18,19). The lowest BCUT2D eigenvalue weighted by Gasteiger charge is -2.15. The Morgan fingerprint density at radius 1 is 1.14 bits per heavy atom. The van der Waals surface area contributed by atoms with Crippen LogP contribution in [0.25, 0.3) is 0 Å². The number of unbranched alkanes of at least 4 members (excludes halogenated alkanes) is 2. The number of benzene rings is 1. The summed E-state index contributed by atoms with van der Waals surface area (Å²) in [4.78, 5) is 4.22. The number of hydrogen-bond donors (Lipinski definition) is 2. The highest BCUT2D eigenvalue weighted by Crippen LogP contribution is 2.30. The quantitative estimate of drug-likeness (QED) is 0.439. The molecule has 2 N–H and O–H groups in total. The lowest BCUT2D eigenvalue weighted by atomic mass is 10.2. The van der Waals surface area contributed by atoms with Crippen LogP contribution in [0.5, 0.6) is 11.5 Å². The van der Waals surface area contributed by atoms with Gasteiger partial charge in [-0.25, -0.2) is 0 Å². The lowest BCUT2D eigenvalue weighted by molar-refractivity contribution is 0.351. The molecule has 1 rings (SSSR count). The number of para-hydroxylation sites is 1. The van der Waals surface area contributed by atoms with Crippen molar-refractivity contribution >= 4 is 5.96 Å². The predicted molar refractivity (Wildman–Crippen MR) is 87.3 cm³/mol. The minimum absolute atomic E-state index is 0.633. The van der Waals surface area contributed by atoms with Gasteiger partial charge in [0.1, 0.15) is 0 Å². The van der Waals surface area contributed by atoms with Gasteiger partial charge in [-0.15, -0.1) is 0 Å². The molecule has 21 heavy (non-hydrogen) atoms. The monoisotopic (exact) mass is 293 g/mol. The first kappa shape index (κ1) is 17.1. The van der Waals surface area contributed by atoms with Crippen molar-refractivity contribution in [2.75, 3.05) is 27.8 Å². The summed E-state index contributed by atoms with van der Waals surface area (Å²) in [6.07, 6.45) is 3.60. The molecule has 0 bridgehead atoms. The van der Waals surface area contributed by atoms with Gasteiger partial charge in [0.05, 0.1) is 14.2 Å². The number of rotatable bonds is 8. The zero-order valence-electron chi connectivity index (χ0n) is 13.5. The number of hydrogen-bond acceptors (Lipinski definition) is 3. The molecule has 0 unspecified atom stereocenters. The van der Waals surface area contributed by atoms with E-state index >= 15 is 0 Å². The van der Waals surface area contributed by atoms with Crippen LogP contribution < -0.4 is 20.1 Å². The Morgan fingerprint density at radius 3 is 2.57 bits per heavy atom. The van der Waals surface area contributed by atoms with Crippen molar-refractivity contribution in [3.8, 4) is 11.5 Å². The average molecular weight is 293 g/mol. The van der Waals surface area contributed by atoms with Crippen LogP contribution in [0.15, 0.2) is 23.2 Å². The summed E-state index contributed by atoms with van der Waals surface area (Å²) in [6.45, 7) is 3.76. The first-order chi connectivity index (χ1) is 10.3. The first-order valence-electron chi connectivity index (χ1n) is 7.41. The molecule has 0 aliphatic heterocycles. The van der Waals surface area contributed by atoms with Gasteiger partial charge in [0.25, 0.3) is 0 Å². The number of methoxy groups -OCH3 is 2. The van der Waals surface area contributed by atoms with E-state index in [1.165, 1.54) is 12.8 Å². The Bertz CT molecular complexity index is 447. The molecule has 0 spiro atoms. The summed E-state index contributed by atoms with van der Waals surface area (Å²) in [6, 6.07) is 5.86.